The van der Waals surface area contributed by atoms with Gasteiger partial charge in [0.15, 0.2) is 0 Å². The quantitative estimate of drug-likeness (QED) is 0.838. The number of rotatable bonds is 6. The first-order chi connectivity index (χ1) is 11.2. The molecule has 0 saturated heterocycles. The summed E-state index contributed by atoms with van der Waals surface area (Å²) in [6.07, 6.45) is 1.89. The van der Waals surface area contributed by atoms with Crippen molar-refractivity contribution in [2.45, 2.75) is 72.6 Å². The molecule has 2 N–H and O–H groups in total. The average Bonchev–Trinajstić information content (AvgIpc) is 2.72. The summed E-state index contributed by atoms with van der Waals surface area (Å²) in [5.74, 6) is 0. The van der Waals surface area contributed by atoms with Crippen molar-refractivity contribution in [3.8, 4) is 0 Å². The zero-order chi connectivity index (χ0) is 18.1. The highest BCUT2D eigenvalue weighted by molar-refractivity contribution is 5.74. The van der Waals surface area contributed by atoms with Gasteiger partial charge in [0.2, 0.25) is 0 Å². The molecule has 2 amide bonds. The average molecular weight is 336 g/mol. The van der Waals surface area contributed by atoms with Crippen molar-refractivity contribution in [3.63, 3.8) is 0 Å². The van der Waals surface area contributed by atoms with Crippen molar-refractivity contribution in [1.82, 2.24) is 20.4 Å². The van der Waals surface area contributed by atoms with Gasteiger partial charge < -0.3 is 15.4 Å². The number of carbonyl (C=O) groups excluding carboxylic acids is 1. The highest BCUT2D eigenvalue weighted by Gasteiger charge is 2.49. The van der Waals surface area contributed by atoms with Gasteiger partial charge in [0.05, 0.1) is 11.8 Å². The van der Waals surface area contributed by atoms with Crippen LogP contribution < -0.4 is 10.6 Å². The Bertz CT molecular complexity index is 594. The van der Waals surface area contributed by atoms with Gasteiger partial charge in [0.25, 0.3) is 0 Å². The van der Waals surface area contributed by atoms with Crippen LogP contribution in [0.3, 0.4) is 0 Å². The molecule has 0 unspecified atom stereocenters. The number of amides is 2. The number of urea groups is 1. The van der Waals surface area contributed by atoms with Gasteiger partial charge in [-0.25, -0.2) is 4.79 Å². The van der Waals surface area contributed by atoms with Crippen molar-refractivity contribution < 1.29 is 9.53 Å². The van der Waals surface area contributed by atoms with Gasteiger partial charge in [-0.15, -0.1) is 0 Å². The highest BCUT2D eigenvalue weighted by atomic mass is 16.5. The maximum atomic E-state index is 12.3. The first-order valence-corrected chi connectivity index (χ1v) is 8.84. The van der Waals surface area contributed by atoms with E-state index in [1.54, 1.807) is 0 Å². The number of hydrogen-bond donors (Lipinski definition) is 2. The minimum absolute atomic E-state index is 0.0207. The Kier molecular flexibility index (Phi) is 5.58. The Morgan fingerprint density at radius 2 is 2.12 bits per heavy atom. The van der Waals surface area contributed by atoms with E-state index in [0.717, 1.165) is 24.2 Å². The van der Waals surface area contributed by atoms with Crippen molar-refractivity contribution in [3.05, 3.63) is 17.0 Å². The summed E-state index contributed by atoms with van der Waals surface area (Å²) in [7, 11) is 1.95. The van der Waals surface area contributed by atoms with Gasteiger partial charge in [-0.1, -0.05) is 13.8 Å². The lowest BCUT2D eigenvalue weighted by Gasteiger charge is -2.51. The van der Waals surface area contributed by atoms with E-state index >= 15 is 0 Å². The van der Waals surface area contributed by atoms with Crippen molar-refractivity contribution >= 4 is 6.03 Å². The van der Waals surface area contributed by atoms with E-state index in [4.69, 9.17) is 4.74 Å². The van der Waals surface area contributed by atoms with E-state index < -0.39 is 0 Å². The van der Waals surface area contributed by atoms with E-state index in [9.17, 15) is 4.79 Å². The number of nitrogens with zero attached hydrogens (tertiary/aromatic N) is 2. The summed E-state index contributed by atoms with van der Waals surface area (Å²) >= 11 is 0. The summed E-state index contributed by atoms with van der Waals surface area (Å²) in [6, 6.07) is 0.107. The van der Waals surface area contributed by atoms with Crippen LogP contribution in [0.5, 0.6) is 0 Å². The SMILES string of the molecule is CCO[C@@H]1C[C@@H](NC(=O)N[C@H](C)Cc2c(C)nn(C)c2C)C1(C)C. The van der Waals surface area contributed by atoms with Crippen LogP contribution >= 0.6 is 0 Å². The summed E-state index contributed by atoms with van der Waals surface area (Å²) < 4.78 is 7.60. The Hall–Kier alpha value is -1.56. The third-order valence-corrected chi connectivity index (χ3v) is 5.40. The van der Waals surface area contributed by atoms with Crippen LogP contribution in [-0.4, -0.2) is 40.6 Å². The lowest BCUT2D eigenvalue weighted by molar-refractivity contribution is -0.110. The molecule has 3 atom stereocenters. The largest absolute Gasteiger partial charge is 0.378 e. The molecule has 0 aliphatic heterocycles. The second-order valence-corrected chi connectivity index (χ2v) is 7.55. The number of nitrogens with one attached hydrogen (secondary N) is 2. The number of aromatic nitrogens is 2. The van der Waals surface area contributed by atoms with Crippen LogP contribution in [0.15, 0.2) is 0 Å². The predicted molar refractivity (Wildman–Crippen MR) is 95.1 cm³/mol. The van der Waals surface area contributed by atoms with Crippen LogP contribution in [0.2, 0.25) is 0 Å². The smallest absolute Gasteiger partial charge is 0.315 e. The van der Waals surface area contributed by atoms with Crippen LogP contribution in [0.1, 0.15) is 51.1 Å². The first-order valence-electron chi connectivity index (χ1n) is 8.84. The third-order valence-electron chi connectivity index (χ3n) is 5.40. The monoisotopic (exact) mass is 336 g/mol. The molecule has 1 aromatic rings. The zero-order valence-electron chi connectivity index (χ0n) is 16.1. The standard InChI is InChI=1S/C18H32N4O2/c1-8-24-16-10-15(18(16,5)6)20-17(23)19-11(2)9-14-12(3)21-22(7)13(14)4/h11,15-16H,8-10H2,1-7H3,(H2,19,20,23)/t11-,15-,16-/m1/s1. The van der Waals surface area contributed by atoms with Crippen LogP contribution in [0, 0.1) is 19.3 Å². The van der Waals surface area contributed by atoms with Crippen molar-refractivity contribution in [2.75, 3.05) is 6.61 Å². The third kappa shape index (κ3) is 3.74. The van der Waals surface area contributed by atoms with E-state index in [2.05, 4.69) is 36.5 Å². The van der Waals surface area contributed by atoms with Gasteiger partial charge in [-0.2, -0.15) is 5.10 Å². The second-order valence-electron chi connectivity index (χ2n) is 7.55. The van der Waals surface area contributed by atoms with Gasteiger partial charge in [-0.05, 0) is 46.1 Å². The molecule has 0 radical (unpaired) electrons. The maximum Gasteiger partial charge on any atom is 0.315 e. The van der Waals surface area contributed by atoms with Gasteiger partial charge in [-0.3, -0.25) is 4.68 Å². The van der Waals surface area contributed by atoms with E-state index in [0.29, 0.717) is 6.61 Å². The van der Waals surface area contributed by atoms with Crippen LogP contribution in [0.4, 0.5) is 4.79 Å². The summed E-state index contributed by atoms with van der Waals surface area (Å²) in [5.41, 5.74) is 3.38. The Labute approximate surface area is 145 Å². The summed E-state index contributed by atoms with van der Waals surface area (Å²) in [5, 5.41) is 10.6. The number of carbonyl (C=O) groups is 1. The predicted octanol–water partition coefficient (Wildman–Crippen LogP) is 2.47. The minimum atomic E-state index is -0.102. The Balaban J connectivity index is 1.84. The van der Waals surface area contributed by atoms with Gasteiger partial charge in [0, 0.05) is 36.8 Å². The Morgan fingerprint density at radius 3 is 2.62 bits per heavy atom. The normalized spacial score (nSPS) is 23.5. The first kappa shape index (κ1) is 18.8. The van der Waals surface area contributed by atoms with Gasteiger partial charge in [0.1, 0.15) is 0 Å². The lowest BCUT2D eigenvalue weighted by atomic mass is 9.64. The van der Waals surface area contributed by atoms with E-state index in [-0.39, 0.29) is 29.6 Å². The maximum absolute atomic E-state index is 12.3. The molecule has 1 aliphatic carbocycles. The zero-order valence-corrected chi connectivity index (χ0v) is 16.1. The number of hydrogen-bond acceptors (Lipinski definition) is 3. The molecule has 0 spiro atoms. The molecule has 6 heteroatoms. The summed E-state index contributed by atoms with van der Waals surface area (Å²) in [4.78, 5) is 12.3. The molecule has 0 aromatic carbocycles. The topological polar surface area (TPSA) is 68.2 Å². The molecule has 1 aromatic heterocycles. The molecular weight excluding hydrogens is 304 g/mol. The van der Waals surface area contributed by atoms with E-state index in [1.165, 1.54) is 5.56 Å². The molecule has 136 valence electrons. The molecule has 24 heavy (non-hydrogen) atoms. The fourth-order valence-corrected chi connectivity index (χ4v) is 3.51. The van der Waals surface area contributed by atoms with Gasteiger partial charge >= 0.3 is 6.03 Å². The van der Waals surface area contributed by atoms with Crippen LogP contribution in [0.25, 0.3) is 0 Å². The lowest BCUT2D eigenvalue weighted by Crippen LogP contribution is -2.63. The van der Waals surface area contributed by atoms with Crippen molar-refractivity contribution in [1.29, 1.82) is 0 Å². The number of aryl methyl sites for hydroxylation is 2. The summed E-state index contributed by atoms with van der Waals surface area (Å²) in [6.45, 7) is 13.1. The molecule has 1 saturated carbocycles. The highest BCUT2D eigenvalue weighted by Crippen LogP contribution is 2.42. The van der Waals surface area contributed by atoms with Crippen molar-refractivity contribution in [2.24, 2.45) is 12.5 Å². The molecule has 1 fully saturated rings. The number of ether oxygens (including phenoxy) is 1. The Morgan fingerprint density at radius 1 is 1.46 bits per heavy atom. The van der Waals surface area contributed by atoms with E-state index in [1.807, 2.05) is 32.5 Å². The molecular formula is C18H32N4O2. The minimum Gasteiger partial charge on any atom is -0.378 e. The molecule has 6 nitrogen and oxygen atoms in total. The fourth-order valence-electron chi connectivity index (χ4n) is 3.51. The molecule has 1 aliphatic rings. The fraction of sp³-hybridized carbons (Fsp3) is 0.778. The molecule has 0 bridgehead atoms. The molecule has 1 heterocycles. The second kappa shape index (κ2) is 7.13. The molecule has 2 rings (SSSR count). The van der Waals surface area contributed by atoms with Crippen LogP contribution in [-0.2, 0) is 18.2 Å².